The van der Waals surface area contributed by atoms with E-state index in [0.29, 0.717) is 18.7 Å². The van der Waals surface area contributed by atoms with Gasteiger partial charge in [0.2, 0.25) is 5.82 Å². The van der Waals surface area contributed by atoms with Crippen molar-refractivity contribution in [1.82, 2.24) is 20.5 Å². The predicted molar refractivity (Wildman–Crippen MR) is 71.3 cm³/mol. The lowest BCUT2D eigenvalue weighted by Gasteiger charge is -2.37. The number of amides is 1. The lowest BCUT2D eigenvalue weighted by atomic mass is 9.69. The molecule has 0 unspecified atom stereocenters. The number of aliphatic carboxylic acids is 1. The smallest absolute Gasteiger partial charge is 0.311 e. The molecule has 0 radical (unpaired) electrons. The number of rotatable bonds is 4. The van der Waals surface area contributed by atoms with E-state index in [9.17, 15) is 14.7 Å². The van der Waals surface area contributed by atoms with Crippen LogP contribution in [0.5, 0.6) is 0 Å². The maximum Gasteiger partial charge on any atom is 0.311 e. The van der Waals surface area contributed by atoms with Crippen molar-refractivity contribution in [2.45, 2.75) is 45.4 Å². The molecular formula is C13H20N4O3. The number of aromatic nitrogens is 3. The molecule has 7 heteroatoms. The number of carbonyl (C=O) groups is 2. The fourth-order valence-corrected chi connectivity index (χ4v) is 2.10. The van der Waals surface area contributed by atoms with Gasteiger partial charge in [-0.05, 0) is 12.8 Å². The number of nitrogens with one attached hydrogen (secondary N) is 2. The first-order valence-corrected chi connectivity index (χ1v) is 6.69. The van der Waals surface area contributed by atoms with Gasteiger partial charge in [-0.3, -0.25) is 14.7 Å². The fraction of sp³-hybridized carbons (Fsp3) is 0.692. The van der Waals surface area contributed by atoms with Gasteiger partial charge in [-0.2, -0.15) is 0 Å². The zero-order valence-electron chi connectivity index (χ0n) is 12.0. The van der Waals surface area contributed by atoms with Crippen LogP contribution < -0.4 is 5.32 Å². The molecule has 7 nitrogen and oxygen atoms in total. The summed E-state index contributed by atoms with van der Waals surface area (Å²) in [5, 5.41) is 18.4. The number of hydrogen-bond donors (Lipinski definition) is 3. The third kappa shape index (κ3) is 2.66. The Morgan fingerprint density at radius 3 is 2.45 bits per heavy atom. The van der Waals surface area contributed by atoms with E-state index in [1.54, 1.807) is 0 Å². The highest BCUT2D eigenvalue weighted by molar-refractivity contribution is 5.90. The summed E-state index contributed by atoms with van der Waals surface area (Å²) in [5.41, 5.74) is -1.03. The van der Waals surface area contributed by atoms with Gasteiger partial charge in [0.1, 0.15) is 5.82 Å². The molecule has 20 heavy (non-hydrogen) atoms. The molecule has 1 aromatic heterocycles. The van der Waals surface area contributed by atoms with E-state index >= 15 is 0 Å². The molecule has 1 aliphatic carbocycles. The van der Waals surface area contributed by atoms with Gasteiger partial charge in [-0.15, -0.1) is 5.10 Å². The van der Waals surface area contributed by atoms with Crippen LogP contribution in [0, 0.1) is 5.41 Å². The Hall–Kier alpha value is -1.92. The number of carbonyl (C=O) groups excluding carboxylic acids is 1. The van der Waals surface area contributed by atoms with E-state index in [1.807, 2.05) is 20.8 Å². The molecule has 0 aliphatic heterocycles. The molecule has 1 amide bonds. The number of hydrogen-bond acceptors (Lipinski definition) is 4. The minimum atomic E-state index is -0.852. The van der Waals surface area contributed by atoms with Gasteiger partial charge in [0.05, 0.1) is 5.41 Å². The highest BCUT2D eigenvalue weighted by atomic mass is 16.4. The van der Waals surface area contributed by atoms with Crippen molar-refractivity contribution in [3.05, 3.63) is 11.6 Å². The summed E-state index contributed by atoms with van der Waals surface area (Å²) < 4.78 is 0. The lowest BCUT2D eigenvalue weighted by Crippen LogP contribution is -2.47. The quantitative estimate of drug-likeness (QED) is 0.765. The minimum absolute atomic E-state index is 0.0507. The standard InChI is InChI=1S/C13H20N4O3/c1-12(2,3)10-15-8(16-17-10)9(18)14-7-13(11(19)20)5-4-6-13/h4-7H2,1-3H3,(H,14,18)(H,19,20)(H,15,16,17). The summed E-state index contributed by atoms with van der Waals surface area (Å²) in [7, 11) is 0. The van der Waals surface area contributed by atoms with Gasteiger partial charge < -0.3 is 10.4 Å². The molecule has 1 aliphatic rings. The van der Waals surface area contributed by atoms with E-state index in [4.69, 9.17) is 0 Å². The minimum Gasteiger partial charge on any atom is -0.481 e. The molecule has 0 spiro atoms. The van der Waals surface area contributed by atoms with E-state index in [0.717, 1.165) is 6.42 Å². The molecule has 1 heterocycles. The van der Waals surface area contributed by atoms with Crippen LogP contribution in [0.4, 0.5) is 0 Å². The van der Waals surface area contributed by atoms with Crippen molar-refractivity contribution < 1.29 is 14.7 Å². The normalized spacial score (nSPS) is 17.4. The fourth-order valence-electron chi connectivity index (χ4n) is 2.10. The molecule has 1 aromatic rings. The van der Waals surface area contributed by atoms with Gasteiger partial charge >= 0.3 is 5.97 Å². The molecule has 0 atom stereocenters. The monoisotopic (exact) mass is 280 g/mol. The summed E-state index contributed by atoms with van der Waals surface area (Å²) in [6, 6.07) is 0. The van der Waals surface area contributed by atoms with Crippen LogP contribution >= 0.6 is 0 Å². The van der Waals surface area contributed by atoms with Gasteiger partial charge in [0.25, 0.3) is 5.91 Å². The SMILES string of the molecule is CC(C)(C)c1nc(C(=O)NCC2(C(=O)O)CCC2)n[nH]1. The first-order valence-electron chi connectivity index (χ1n) is 6.69. The van der Waals surface area contributed by atoms with Crippen molar-refractivity contribution in [1.29, 1.82) is 0 Å². The maximum absolute atomic E-state index is 11.9. The Bertz CT molecular complexity index is 526. The van der Waals surface area contributed by atoms with Gasteiger partial charge in [-0.1, -0.05) is 27.2 Å². The van der Waals surface area contributed by atoms with Crippen LogP contribution in [-0.2, 0) is 10.2 Å². The first kappa shape index (κ1) is 14.5. The third-order valence-corrected chi connectivity index (χ3v) is 3.75. The van der Waals surface area contributed by atoms with Crippen molar-refractivity contribution in [2.75, 3.05) is 6.54 Å². The van der Waals surface area contributed by atoms with E-state index in [1.165, 1.54) is 0 Å². The summed E-state index contributed by atoms with van der Waals surface area (Å²) in [6.45, 7) is 6.01. The predicted octanol–water partition coefficient (Wildman–Crippen LogP) is 1.09. The maximum atomic E-state index is 11.9. The Kier molecular flexibility index (Phi) is 3.54. The van der Waals surface area contributed by atoms with Crippen LogP contribution in [-0.4, -0.2) is 38.7 Å². The summed E-state index contributed by atoms with van der Waals surface area (Å²) >= 11 is 0. The summed E-state index contributed by atoms with van der Waals surface area (Å²) in [6.07, 6.45) is 2.09. The zero-order valence-corrected chi connectivity index (χ0v) is 12.0. The number of carboxylic acids is 1. The van der Waals surface area contributed by atoms with Crippen molar-refractivity contribution in [3.8, 4) is 0 Å². The number of aromatic amines is 1. The van der Waals surface area contributed by atoms with Crippen LogP contribution in [0.15, 0.2) is 0 Å². The Morgan fingerprint density at radius 1 is 1.40 bits per heavy atom. The molecule has 110 valence electrons. The average Bonchev–Trinajstić information content (AvgIpc) is 2.75. The Balaban J connectivity index is 1.99. The Labute approximate surface area is 117 Å². The van der Waals surface area contributed by atoms with Gasteiger partial charge in [0, 0.05) is 12.0 Å². The van der Waals surface area contributed by atoms with Crippen molar-refractivity contribution >= 4 is 11.9 Å². The second kappa shape index (κ2) is 4.88. The lowest BCUT2D eigenvalue weighted by molar-refractivity contribution is -0.153. The molecular weight excluding hydrogens is 260 g/mol. The third-order valence-electron chi connectivity index (χ3n) is 3.75. The van der Waals surface area contributed by atoms with Crippen LogP contribution in [0.2, 0.25) is 0 Å². The van der Waals surface area contributed by atoms with Gasteiger partial charge in [-0.25, -0.2) is 4.98 Å². The summed E-state index contributed by atoms with van der Waals surface area (Å²) in [4.78, 5) is 27.3. The second-order valence-electron chi connectivity index (χ2n) is 6.38. The highest BCUT2D eigenvalue weighted by Gasteiger charge is 2.44. The topological polar surface area (TPSA) is 108 Å². The number of nitrogens with zero attached hydrogens (tertiary/aromatic N) is 2. The molecule has 2 rings (SSSR count). The largest absolute Gasteiger partial charge is 0.481 e. The van der Waals surface area contributed by atoms with Crippen LogP contribution in [0.25, 0.3) is 0 Å². The summed E-state index contributed by atoms with van der Waals surface area (Å²) in [5.74, 6) is -0.618. The Morgan fingerprint density at radius 2 is 2.05 bits per heavy atom. The molecule has 3 N–H and O–H groups in total. The first-order chi connectivity index (χ1) is 9.24. The molecule has 1 saturated carbocycles. The molecule has 0 bridgehead atoms. The van der Waals surface area contributed by atoms with Crippen LogP contribution in [0.1, 0.15) is 56.5 Å². The number of H-pyrrole nitrogens is 1. The zero-order chi connectivity index (χ0) is 15.0. The van der Waals surface area contributed by atoms with Crippen molar-refractivity contribution in [2.24, 2.45) is 5.41 Å². The molecule has 0 aromatic carbocycles. The second-order valence-corrected chi connectivity index (χ2v) is 6.38. The van der Waals surface area contributed by atoms with Crippen molar-refractivity contribution in [3.63, 3.8) is 0 Å². The van der Waals surface area contributed by atoms with Crippen LogP contribution in [0.3, 0.4) is 0 Å². The van der Waals surface area contributed by atoms with E-state index in [2.05, 4.69) is 20.5 Å². The number of carboxylic acid groups (broad SMARTS) is 1. The molecule has 0 saturated heterocycles. The average molecular weight is 280 g/mol. The van der Waals surface area contributed by atoms with E-state index < -0.39 is 17.3 Å². The van der Waals surface area contributed by atoms with E-state index in [-0.39, 0.29) is 17.8 Å². The van der Waals surface area contributed by atoms with Gasteiger partial charge in [0.15, 0.2) is 0 Å². The molecule has 1 fully saturated rings. The highest BCUT2D eigenvalue weighted by Crippen LogP contribution is 2.40.